The molecule has 1 aliphatic carbocycles. The minimum absolute atomic E-state index is 0.133. The Morgan fingerprint density at radius 2 is 2.04 bits per heavy atom. The van der Waals surface area contributed by atoms with Gasteiger partial charge in [0.25, 0.3) is 0 Å². The summed E-state index contributed by atoms with van der Waals surface area (Å²) in [6.07, 6.45) is 4.49. The maximum absolute atomic E-state index is 9.03. The third-order valence-corrected chi connectivity index (χ3v) is 6.61. The highest BCUT2D eigenvalue weighted by Gasteiger charge is 2.45. The molecule has 0 spiro atoms. The first-order valence-electron chi connectivity index (χ1n) is 8.95. The number of nitrogens with one attached hydrogen (secondary N) is 1. The number of anilines is 2. The first-order valence-corrected chi connectivity index (χ1v) is 10.2. The third kappa shape index (κ3) is 3.26. The quantitative estimate of drug-likeness (QED) is 0.778. The lowest BCUT2D eigenvalue weighted by Gasteiger charge is -2.34. The van der Waals surface area contributed by atoms with Crippen LogP contribution in [0.1, 0.15) is 25.5 Å². The Labute approximate surface area is 157 Å². The normalized spacial score (nSPS) is 21.5. The van der Waals surface area contributed by atoms with E-state index < -0.39 is 0 Å². The van der Waals surface area contributed by atoms with Crippen LogP contribution in [0.4, 0.5) is 11.5 Å². The molecule has 0 amide bonds. The van der Waals surface area contributed by atoms with E-state index in [2.05, 4.69) is 29.6 Å². The number of rotatable bonds is 5. The van der Waals surface area contributed by atoms with Crippen LogP contribution in [-0.4, -0.2) is 47.2 Å². The minimum Gasteiger partial charge on any atom is -0.377 e. The van der Waals surface area contributed by atoms with Gasteiger partial charge < -0.3 is 9.64 Å². The molecule has 1 atom stereocenters. The summed E-state index contributed by atoms with van der Waals surface area (Å²) >= 11 is 1.88. The van der Waals surface area contributed by atoms with E-state index in [1.54, 1.807) is 0 Å². The third-order valence-electron chi connectivity index (χ3n) is 5.21. The van der Waals surface area contributed by atoms with Gasteiger partial charge >= 0.3 is 0 Å². The number of nitrogens with zero attached hydrogens (tertiary/aromatic N) is 3. The first-order chi connectivity index (χ1) is 12.6. The van der Waals surface area contributed by atoms with Crippen LogP contribution in [0.3, 0.4) is 0 Å². The number of benzene rings is 1. The number of hydrogen-bond acceptors (Lipinski definition) is 7. The molecule has 138 valence electrons. The van der Waals surface area contributed by atoms with Crippen LogP contribution in [0, 0.1) is 0 Å². The van der Waals surface area contributed by atoms with E-state index >= 15 is 0 Å². The Kier molecular flexibility index (Phi) is 4.77. The maximum atomic E-state index is 9.03. The molecule has 2 heterocycles. The number of thioether (sulfide) groups is 1. The molecule has 7 heteroatoms. The number of aromatic nitrogens is 2. The van der Waals surface area contributed by atoms with Crippen LogP contribution in [0.5, 0.6) is 0 Å². The molecule has 1 saturated heterocycles. The van der Waals surface area contributed by atoms with Gasteiger partial charge in [0.15, 0.2) is 5.82 Å². The van der Waals surface area contributed by atoms with Crippen molar-refractivity contribution in [2.45, 2.75) is 30.6 Å². The maximum Gasteiger partial charge on any atom is 0.161 e. The van der Waals surface area contributed by atoms with Crippen molar-refractivity contribution in [3.8, 4) is 11.4 Å². The SMILES string of the molecule is CSC1(c2cc(N3CCOC[C@@H]3C)nc(-c3ccc(NO)cc3)n2)CC1. The summed E-state index contributed by atoms with van der Waals surface area (Å²) in [6.45, 7) is 4.46. The van der Waals surface area contributed by atoms with E-state index in [-0.39, 0.29) is 4.75 Å². The van der Waals surface area contributed by atoms with Crippen molar-refractivity contribution in [2.24, 2.45) is 0 Å². The van der Waals surface area contributed by atoms with E-state index in [0.29, 0.717) is 11.7 Å². The second-order valence-corrected chi connectivity index (χ2v) is 8.13. The van der Waals surface area contributed by atoms with E-state index in [1.807, 2.05) is 36.0 Å². The Morgan fingerprint density at radius 3 is 2.65 bits per heavy atom. The van der Waals surface area contributed by atoms with Gasteiger partial charge in [0, 0.05) is 18.2 Å². The topological polar surface area (TPSA) is 70.5 Å². The van der Waals surface area contributed by atoms with Gasteiger partial charge in [-0.1, -0.05) is 0 Å². The second-order valence-electron chi connectivity index (χ2n) is 6.94. The molecule has 26 heavy (non-hydrogen) atoms. The Bertz CT molecular complexity index is 780. The van der Waals surface area contributed by atoms with E-state index in [1.165, 1.54) is 0 Å². The molecule has 1 aliphatic heterocycles. The lowest BCUT2D eigenvalue weighted by Crippen LogP contribution is -2.44. The molecule has 2 aliphatic rings. The second kappa shape index (κ2) is 7.06. The molecule has 1 aromatic heterocycles. The smallest absolute Gasteiger partial charge is 0.161 e. The van der Waals surface area contributed by atoms with E-state index in [0.717, 1.165) is 55.5 Å². The van der Waals surface area contributed by atoms with Gasteiger partial charge in [0.1, 0.15) is 5.82 Å². The Balaban J connectivity index is 1.77. The monoisotopic (exact) mass is 372 g/mol. The van der Waals surface area contributed by atoms with Gasteiger partial charge in [-0.25, -0.2) is 9.97 Å². The van der Waals surface area contributed by atoms with Crippen LogP contribution < -0.4 is 10.4 Å². The summed E-state index contributed by atoms with van der Waals surface area (Å²) in [5.74, 6) is 1.71. The van der Waals surface area contributed by atoms with E-state index in [4.69, 9.17) is 19.9 Å². The van der Waals surface area contributed by atoms with Crippen LogP contribution in [0.2, 0.25) is 0 Å². The molecule has 0 bridgehead atoms. The first kappa shape index (κ1) is 17.6. The fraction of sp³-hybridized carbons (Fsp3) is 0.474. The molecule has 6 nitrogen and oxygen atoms in total. The summed E-state index contributed by atoms with van der Waals surface area (Å²) in [4.78, 5) is 12.1. The summed E-state index contributed by atoms with van der Waals surface area (Å²) in [6, 6.07) is 9.97. The van der Waals surface area contributed by atoms with Gasteiger partial charge in [-0.15, -0.1) is 0 Å². The molecule has 4 rings (SSSR count). The summed E-state index contributed by atoms with van der Waals surface area (Å²) in [5.41, 5.74) is 4.88. The van der Waals surface area contributed by atoms with Crippen molar-refractivity contribution >= 4 is 23.3 Å². The van der Waals surface area contributed by atoms with Crippen LogP contribution in [-0.2, 0) is 9.48 Å². The molecule has 1 aromatic carbocycles. The zero-order chi connectivity index (χ0) is 18.1. The summed E-state index contributed by atoms with van der Waals surface area (Å²) in [5, 5.41) is 9.03. The largest absolute Gasteiger partial charge is 0.377 e. The molecule has 1 saturated carbocycles. The molecule has 0 radical (unpaired) electrons. The van der Waals surface area contributed by atoms with Crippen molar-refractivity contribution < 1.29 is 9.94 Å². The van der Waals surface area contributed by atoms with Gasteiger partial charge in [-0.05, 0) is 50.3 Å². The van der Waals surface area contributed by atoms with Crippen LogP contribution >= 0.6 is 11.8 Å². The predicted octanol–water partition coefficient (Wildman–Crippen LogP) is 3.52. The highest BCUT2D eigenvalue weighted by molar-refractivity contribution is 7.99. The fourth-order valence-electron chi connectivity index (χ4n) is 3.38. The van der Waals surface area contributed by atoms with Gasteiger partial charge in [0.2, 0.25) is 0 Å². The molecule has 2 aromatic rings. The lowest BCUT2D eigenvalue weighted by atomic mass is 10.1. The van der Waals surface area contributed by atoms with E-state index in [9.17, 15) is 0 Å². The van der Waals surface area contributed by atoms with Gasteiger partial charge in [0.05, 0.1) is 35.4 Å². The highest BCUT2D eigenvalue weighted by Crippen LogP contribution is 2.55. The summed E-state index contributed by atoms with van der Waals surface area (Å²) < 4.78 is 5.72. The van der Waals surface area contributed by atoms with Gasteiger partial charge in [-0.2, -0.15) is 11.8 Å². The highest BCUT2D eigenvalue weighted by atomic mass is 32.2. The van der Waals surface area contributed by atoms with Crippen LogP contribution in [0.25, 0.3) is 11.4 Å². The standard InChI is InChI=1S/C19H24N4O2S/c1-13-12-25-10-9-23(13)17-11-16(19(26-2)7-8-19)20-18(21-17)14-3-5-15(22-24)6-4-14/h3-6,11,13,22,24H,7-10,12H2,1-2H3/t13-/m0/s1. The molecule has 2 fully saturated rings. The number of hydrogen-bond donors (Lipinski definition) is 2. The minimum atomic E-state index is 0.133. The Hall–Kier alpha value is -1.83. The molecular weight excluding hydrogens is 348 g/mol. The molecule has 2 N–H and O–H groups in total. The number of morpholine rings is 1. The Morgan fingerprint density at radius 1 is 1.27 bits per heavy atom. The summed E-state index contributed by atoms with van der Waals surface area (Å²) in [7, 11) is 0. The molecule has 0 unspecified atom stereocenters. The average molecular weight is 372 g/mol. The van der Waals surface area contributed by atoms with Crippen molar-refractivity contribution in [1.29, 1.82) is 0 Å². The van der Waals surface area contributed by atoms with Crippen molar-refractivity contribution in [2.75, 3.05) is 36.4 Å². The van der Waals surface area contributed by atoms with Crippen LogP contribution in [0.15, 0.2) is 30.3 Å². The zero-order valence-corrected chi connectivity index (χ0v) is 15.9. The lowest BCUT2D eigenvalue weighted by molar-refractivity contribution is 0.0985. The van der Waals surface area contributed by atoms with Crippen molar-refractivity contribution in [1.82, 2.24) is 9.97 Å². The average Bonchev–Trinajstić information content (AvgIpc) is 3.49. The molecular formula is C19H24N4O2S. The van der Waals surface area contributed by atoms with Crippen molar-refractivity contribution in [3.05, 3.63) is 36.0 Å². The predicted molar refractivity (Wildman–Crippen MR) is 105 cm³/mol. The van der Waals surface area contributed by atoms with Gasteiger partial charge in [-0.3, -0.25) is 10.7 Å². The fourth-order valence-corrected chi connectivity index (χ4v) is 4.21. The number of ether oxygens (including phenoxy) is 1. The van der Waals surface area contributed by atoms with Crippen molar-refractivity contribution in [3.63, 3.8) is 0 Å². The zero-order valence-electron chi connectivity index (χ0n) is 15.1.